The zero-order chi connectivity index (χ0) is 11.4. The number of aryl methyl sites for hydroxylation is 1. The second-order valence-corrected chi connectivity index (χ2v) is 4.20. The Labute approximate surface area is 97.4 Å². The number of aromatic nitrogens is 2. The lowest BCUT2D eigenvalue weighted by Crippen LogP contribution is -2.22. The van der Waals surface area contributed by atoms with Gasteiger partial charge in [-0.1, -0.05) is 6.07 Å². The molecule has 4 nitrogen and oxygen atoms in total. The summed E-state index contributed by atoms with van der Waals surface area (Å²) in [7, 11) is 0. The highest BCUT2D eigenvalue weighted by molar-refractivity contribution is 7.12. The van der Waals surface area contributed by atoms with E-state index in [0.717, 1.165) is 5.69 Å². The van der Waals surface area contributed by atoms with Gasteiger partial charge < -0.3 is 5.32 Å². The molecule has 82 valence electrons. The molecule has 1 N–H and O–H groups in total. The predicted molar refractivity (Wildman–Crippen MR) is 62.3 cm³/mol. The molecule has 0 aliphatic heterocycles. The van der Waals surface area contributed by atoms with E-state index in [2.05, 4.69) is 15.3 Å². The fraction of sp³-hybridized carbons (Fsp3) is 0.182. The number of hydrogen-bond donors (Lipinski definition) is 1. The van der Waals surface area contributed by atoms with Crippen molar-refractivity contribution in [1.29, 1.82) is 0 Å². The normalized spacial score (nSPS) is 10.1. The number of hydrogen-bond acceptors (Lipinski definition) is 4. The summed E-state index contributed by atoms with van der Waals surface area (Å²) in [6.07, 6.45) is 1.69. The highest BCUT2D eigenvalue weighted by Crippen LogP contribution is 2.08. The average Bonchev–Trinajstić information content (AvgIpc) is 2.79. The quantitative estimate of drug-likeness (QED) is 0.879. The molecule has 0 bridgehead atoms. The largest absolute Gasteiger partial charge is 0.346 e. The third-order valence-electron chi connectivity index (χ3n) is 2.01. The Kier molecular flexibility index (Phi) is 3.26. The molecular weight excluding hydrogens is 222 g/mol. The minimum atomic E-state index is -0.0636. The van der Waals surface area contributed by atoms with Gasteiger partial charge in [-0.2, -0.15) is 0 Å². The lowest BCUT2D eigenvalue weighted by molar-refractivity contribution is 0.0954. The third-order valence-corrected chi connectivity index (χ3v) is 2.88. The van der Waals surface area contributed by atoms with Crippen molar-refractivity contribution in [3.63, 3.8) is 0 Å². The highest BCUT2D eigenvalue weighted by Gasteiger charge is 2.05. The van der Waals surface area contributed by atoms with Gasteiger partial charge in [0.05, 0.1) is 17.1 Å². The number of rotatable bonds is 3. The summed E-state index contributed by atoms with van der Waals surface area (Å²) in [5.41, 5.74) is 0.817. The van der Waals surface area contributed by atoms with E-state index in [1.54, 1.807) is 18.3 Å². The predicted octanol–water partition coefficient (Wildman–Crippen LogP) is 1.78. The first-order valence-corrected chi connectivity index (χ1v) is 5.74. The average molecular weight is 233 g/mol. The van der Waals surface area contributed by atoms with Crippen molar-refractivity contribution < 1.29 is 4.79 Å². The summed E-state index contributed by atoms with van der Waals surface area (Å²) < 4.78 is 0. The number of amides is 1. The molecule has 2 heterocycles. The fourth-order valence-electron chi connectivity index (χ4n) is 1.27. The van der Waals surface area contributed by atoms with Crippen LogP contribution in [0.4, 0.5) is 0 Å². The Balaban J connectivity index is 1.95. The monoisotopic (exact) mass is 233 g/mol. The van der Waals surface area contributed by atoms with Gasteiger partial charge in [0.15, 0.2) is 0 Å². The van der Waals surface area contributed by atoms with Crippen LogP contribution in [-0.4, -0.2) is 15.9 Å². The molecule has 0 radical (unpaired) electrons. The summed E-state index contributed by atoms with van der Waals surface area (Å²) in [6.45, 7) is 2.25. The molecule has 1 amide bonds. The SMILES string of the molecule is Cc1nccc(CNC(=O)c2cccs2)n1. The van der Waals surface area contributed by atoms with E-state index >= 15 is 0 Å². The maximum atomic E-state index is 11.6. The van der Waals surface area contributed by atoms with Crippen LogP contribution in [0.5, 0.6) is 0 Å². The smallest absolute Gasteiger partial charge is 0.261 e. The van der Waals surface area contributed by atoms with E-state index in [9.17, 15) is 4.79 Å². The summed E-state index contributed by atoms with van der Waals surface area (Å²) in [4.78, 5) is 20.5. The highest BCUT2D eigenvalue weighted by atomic mass is 32.1. The Morgan fingerprint density at radius 1 is 1.50 bits per heavy atom. The van der Waals surface area contributed by atoms with E-state index < -0.39 is 0 Å². The molecule has 5 heteroatoms. The van der Waals surface area contributed by atoms with Crippen LogP contribution in [0, 0.1) is 6.92 Å². The Morgan fingerprint density at radius 2 is 2.38 bits per heavy atom. The third kappa shape index (κ3) is 2.64. The van der Waals surface area contributed by atoms with Crippen LogP contribution in [-0.2, 0) is 6.54 Å². The number of thiophene rings is 1. The fourth-order valence-corrected chi connectivity index (χ4v) is 1.91. The zero-order valence-corrected chi connectivity index (χ0v) is 9.62. The van der Waals surface area contributed by atoms with E-state index in [0.29, 0.717) is 17.2 Å². The molecule has 0 spiro atoms. The molecule has 0 saturated carbocycles. The van der Waals surface area contributed by atoms with Crippen LogP contribution >= 0.6 is 11.3 Å². The molecule has 0 aliphatic carbocycles. The number of nitrogens with zero attached hydrogens (tertiary/aromatic N) is 2. The van der Waals surface area contributed by atoms with Crippen LogP contribution in [0.15, 0.2) is 29.8 Å². The Hall–Kier alpha value is -1.75. The molecule has 0 aromatic carbocycles. The standard InChI is InChI=1S/C11H11N3OS/c1-8-12-5-4-9(14-8)7-13-11(15)10-3-2-6-16-10/h2-6H,7H2,1H3,(H,13,15). The molecule has 2 rings (SSSR count). The van der Waals surface area contributed by atoms with Crippen molar-refractivity contribution in [2.75, 3.05) is 0 Å². The lowest BCUT2D eigenvalue weighted by atomic mass is 10.3. The van der Waals surface area contributed by atoms with Crippen LogP contribution < -0.4 is 5.32 Å². The summed E-state index contributed by atoms with van der Waals surface area (Å²) in [5.74, 6) is 0.647. The second kappa shape index (κ2) is 4.85. The van der Waals surface area contributed by atoms with Gasteiger partial charge in [-0.25, -0.2) is 9.97 Å². The van der Waals surface area contributed by atoms with Crippen molar-refractivity contribution >= 4 is 17.2 Å². The van der Waals surface area contributed by atoms with Crippen LogP contribution in [0.3, 0.4) is 0 Å². The van der Waals surface area contributed by atoms with E-state index in [4.69, 9.17) is 0 Å². The Bertz CT molecular complexity index is 482. The van der Waals surface area contributed by atoms with Gasteiger partial charge in [0, 0.05) is 6.20 Å². The van der Waals surface area contributed by atoms with Crippen molar-refractivity contribution in [1.82, 2.24) is 15.3 Å². The Morgan fingerprint density at radius 3 is 3.06 bits per heavy atom. The maximum absolute atomic E-state index is 11.6. The maximum Gasteiger partial charge on any atom is 0.261 e. The van der Waals surface area contributed by atoms with Gasteiger partial charge in [0.25, 0.3) is 5.91 Å². The van der Waals surface area contributed by atoms with Gasteiger partial charge in [-0.05, 0) is 24.4 Å². The molecule has 0 saturated heterocycles. The van der Waals surface area contributed by atoms with Crippen LogP contribution in [0.1, 0.15) is 21.2 Å². The summed E-state index contributed by atoms with van der Waals surface area (Å²) >= 11 is 1.42. The second-order valence-electron chi connectivity index (χ2n) is 3.26. The summed E-state index contributed by atoms with van der Waals surface area (Å²) in [6, 6.07) is 5.45. The molecule has 16 heavy (non-hydrogen) atoms. The van der Waals surface area contributed by atoms with Crippen molar-refractivity contribution in [3.8, 4) is 0 Å². The summed E-state index contributed by atoms with van der Waals surface area (Å²) in [5, 5.41) is 4.69. The number of carbonyl (C=O) groups is 1. The van der Waals surface area contributed by atoms with E-state index in [1.165, 1.54) is 11.3 Å². The minimum absolute atomic E-state index is 0.0636. The molecule has 2 aromatic rings. The first kappa shape index (κ1) is 10.8. The number of carbonyl (C=O) groups excluding carboxylic acids is 1. The number of nitrogens with one attached hydrogen (secondary N) is 1. The van der Waals surface area contributed by atoms with Crippen molar-refractivity contribution in [2.24, 2.45) is 0 Å². The molecule has 0 unspecified atom stereocenters. The van der Waals surface area contributed by atoms with Crippen LogP contribution in [0.2, 0.25) is 0 Å². The van der Waals surface area contributed by atoms with Gasteiger partial charge in [-0.3, -0.25) is 4.79 Å². The van der Waals surface area contributed by atoms with Gasteiger partial charge in [0.2, 0.25) is 0 Å². The molecule has 0 aliphatic rings. The van der Waals surface area contributed by atoms with Gasteiger partial charge in [-0.15, -0.1) is 11.3 Å². The molecular formula is C11H11N3OS. The van der Waals surface area contributed by atoms with Crippen molar-refractivity contribution in [2.45, 2.75) is 13.5 Å². The molecule has 2 aromatic heterocycles. The zero-order valence-electron chi connectivity index (χ0n) is 8.80. The van der Waals surface area contributed by atoms with Crippen molar-refractivity contribution in [3.05, 3.63) is 46.2 Å². The van der Waals surface area contributed by atoms with E-state index in [-0.39, 0.29) is 5.91 Å². The molecule has 0 fully saturated rings. The van der Waals surface area contributed by atoms with Gasteiger partial charge in [0.1, 0.15) is 5.82 Å². The first-order valence-electron chi connectivity index (χ1n) is 4.86. The first-order chi connectivity index (χ1) is 7.75. The van der Waals surface area contributed by atoms with Gasteiger partial charge >= 0.3 is 0 Å². The molecule has 0 atom stereocenters. The lowest BCUT2D eigenvalue weighted by Gasteiger charge is -2.03. The van der Waals surface area contributed by atoms with Crippen LogP contribution in [0.25, 0.3) is 0 Å². The topological polar surface area (TPSA) is 54.9 Å². The minimum Gasteiger partial charge on any atom is -0.346 e. The van der Waals surface area contributed by atoms with E-state index in [1.807, 2.05) is 18.4 Å².